The van der Waals surface area contributed by atoms with Crippen LogP contribution in [0.3, 0.4) is 0 Å². The molecule has 5 rings (SSSR count). The van der Waals surface area contributed by atoms with Crippen molar-refractivity contribution in [1.82, 2.24) is 14.7 Å². The number of fused-ring (bicyclic) bond motifs is 2. The van der Waals surface area contributed by atoms with Crippen molar-refractivity contribution in [1.29, 1.82) is 0 Å². The standard InChI is InChI=1S/C21H27N3O3S/c1-15(17-3-2-16-5-9-27-21(16)12-17)23-8-4-20-18(13-23)14-24(22-20)19-6-10-28(25,26)11-7-19/h2-3,12,14-15,19H,4-11,13H2,1H3. The summed E-state index contributed by atoms with van der Waals surface area (Å²) in [6.07, 6.45) is 5.47. The normalized spacial score (nSPS) is 23.0. The van der Waals surface area contributed by atoms with E-state index >= 15 is 0 Å². The Hall–Kier alpha value is -1.86. The average molecular weight is 402 g/mol. The lowest BCUT2D eigenvalue weighted by Gasteiger charge is -2.32. The first-order valence-electron chi connectivity index (χ1n) is 10.3. The molecule has 0 bridgehead atoms. The Morgan fingerprint density at radius 1 is 1.18 bits per heavy atom. The van der Waals surface area contributed by atoms with Gasteiger partial charge >= 0.3 is 0 Å². The first-order valence-corrected chi connectivity index (χ1v) is 12.1. The van der Waals surface area contributed by atoms with Crippen LogP contribution in [0.2, 0.25) is 0 Å². The van der Waals surface area contributed by atoms with Crippen LogP contribution in [0.1, 0.15) is 54.2 Å². The minimum atomic E-state index is -2.84. The summed E-state index contributed by atoms with van der Waals surface area (Å²) in [4.78, 5) is 2.50. The molecular formula is C21H27N3O3S. The Labute approximate surface area is 166 Å². The second-order valence-electron chi connectivity index (χ2n) is 8.33. The summed E-state index contributed by atoms with van der Waals surface area (Å²) in [5, 5.41) is 4.81. The second-order valence-corrected chi connectivity index (χ2v) is 10.6. The fraction of sp³-hybridized carbons (Fsp3) is 0.571. The number of benzene rings is 1. The average Bonchev–Trinajstić information content (AvgIpc) is 3.32. The molecule has 1 aromatic carbocycles. The molecule has 0 aliphatic carbocycles. The van der Waals surface area contributed by atoms with Crippen molar-refractivity contribution in [2.24, 2.45) is 0 Å². The third-order valence-electron chi connectivity index (χ3n) is 6.55. The van der Waals surface area contributed by atoms with E-state index < -0.39 is 9.84 Å². The highest BCUT2D eigenvalue weighted by Crippen LogP contribution is 2.33. The summed E-state index contributed by atoms with van der Waals surface area (Å²) < 4.78 is 31.2. The summed E-state index contributed by atoms with van der Waals surface area (Å²) in [7, 11) is -2.84. The lowest BCUT2D eigenvalue weighted by atomic mass is 10.0. The van der Waals surface area contributed by atoms with Gasteiger partial charge < -0.3 is 4.74 Å². The van der Waals surface area contributed by atoms with Gasteiger partial charge in [0.1, 0.15) is 15.6 Å². The summed E-state index contributed by atoms with van der Waals surface area (Å²) in [5.41, 5.74) is 5.07. The van der Waals surface area contributed by atoms with Gasteiger partial charge in [0.2, 0.25) is 0 Å². The highest BCUT2D eigenvalue weighted by atomic mass is 32.2. The molecule has 0 saturated carbocycles. The lowest BCUT2D eigenvalue weighted by molar-refractivity contribution is 0.191. The SMILES string of the molecule is CC(c1ccc2c(c1)OCC2)N1CCc2nn(C3CCS(=O)(=O)CC3)cc2C1. The Morgan fingerprint density at radius 2 is 2.00 bits per heavy atom. The number of ether oxygens (including phenoxy) is 1. The summed E-state index contributed by atoms with van der Waals surface area (Å²) in [5.74, 6) is 1.61. The van der Waals surface area contributed by atoms with Crippen molar-refractivity contribution in [3.05, 3.63) is 46.8 Å². The molecule has 1 aromatic heterocycles. The highest BCUT2D eigenvalue weighted by Gasteiger charge is 2.29. The first kappa shape index (κ1) is 18.2. The number of hydrogen-bond donors (Lipinski definition) is 0. The number of rotatable bonds is 3. The van der Waals surface area contributed by atoms with Crippen LogP contribution in [-0.4, -0.2) is 47.8 Å². The monoisotopic (exact) mass is 401 g/mol. The third-order valence-corrected chi connectivity index (χ3v) is 8.27. The summed E-state index contributed by atoms with van der Waals surface area (Å²) in [6, 6.07) is 7.19. The smallest absolute Gasteiger partial charge is 0.150 e. The highest BCUT2D eigenvalue weighted by molar-refractivity contribution is 7.91. The molecule has 150 valence electrons. The van der Waals surface area contributed by atoms with Gasteiger partial charge in [0.05, 0.1) is 29.8 Å². The largest absolute Gasteiger partial charge is 0.493 e. The molecule has 6 nitrogen and oxygen atoms in total. The quantitative estimate of drug-likeness (QED) is 0.791. The minimum absolute atomic E-state index is 0.217. The van der Waals surface area contributed by atoms with Crippen LogP contribution in [0.4, 0.5) is 0 Å². The predicted molar refractivity (Wildman–Crippen MR) is 107 cm³/mol. The van der Waals surface area contributed by atoms with Crippen LogP contribution in [0.5, 0.6) is 5.75 Å². The van der Waals surface area contributed by atoms with Gasteiger partial charge in [-0.05, 0) is 37.0 Å². The molecule has 28 heavy (non-hydrogen) atoms. The molecule has 1 unspecified atom stereocenters. The van der Waals surface area contributed by atoms with Gasteiger partial charge in [0.15, 0.2) is 0 Å². The van der Waals surface area contributed by atoms with Gasteiger partial charge in [-0.1, -0.05) is 12.1 Å². The summed E-state index contributed by atoms with van der Waals surface area (Å²) in [6.45, 7) is 4.93. The topological polar surface area (TPSA) is 64.4 Å². The van der Waals surface area contributed by atoms with Gasteiger partial charge in [0.25, 0.3) is 0 Å². The Bertz CT molecular complexity index is 984. The van der Waals surface area contributed by atoms with Crippen molar-refractivity contribution in [3.8, 4) is 5.75 Å². The Kier molecular flexibility index (Phi) is 4.47. The number of sulfone groups is 1. The zero-order chi connectivity index (χ0) is 19.3. The van der Waals surface area contributed by atoms with E-state index in [4.69, 9.17) is 9.84 Å². The molecule has 1 atom stereocenters. The lowest BCUT2D eigenvalue weighted by Crippen LogP contribution is -2.32. The molecular weight excluding hydrogens is 374 g/mol. The number of nitrogens with zero attached hydrogens (tertiary/aromatic N) is 3. The minimum Gasteiger partial charge on any atom is -0.493 e. The van der Waals surface area contributed by atoms with Crippen molar-refractivity contribution in [2.75, 3.05) is 24.7 Å². The molecule has 1 fully saturated rings. The van der Waals surface area contributed by atoms with Crippen molar-refractivity contribution in [2.45, 2.75) is 51.2 Å². The van der Waals surface area contributed by atoms with E-state index in [0.29, 0.717) is 18.9 Å². The fourth-order valence-electron chi connectivity index (χ4n) is 4.67. The van der Waals surface area contributed by atoms with Gasteiger partial charge in [0, 0.05) is 43.7 Å². The number of aromatic nitrogens is 2. The predicted octanol–water partition coefficient (Wildman–Crippen LogP) is 2.69. The molecule has 2 aromatic rings. The maximum absolute atomic E-state index is 11.7. The molecule has 3 aliphatic heterocycles. The maximum Gasteiger partial charge on any atom is 0.150 e. The van der Waals surface area contributed by atoms with Gasteiger partial charge in [-0.15, -0.1) is 0 Å². The van der Waals surface area contributed by atoms with Crippen LogP contribution in [0.15, 0.2) is 24.4 Å². The van der Waals surface area contributed by atoms with E-state index in [1.165, 1.54) is 22.4 Å². The Morgan fingerprint density at radius 3 is 2.82 bits per heavy atom. The summed E-state index contributed by atoms with van der Waals surface area (Å²) >= 11 is 0. The first-order chi connectivity index (χ1) is 13.5. The van der Waals surface area contributed by atoms with E-state index in [9.17, 15) is 8.42 Å². The van der Waals surface area contributed by atoms with Crippen LogP contribution in [0.25, 0.3) is 0 Å². The van der Waals surface area contributed by atoms with Crippen LogP contribution in [0, 0.1) is 0 Å². The van der Waals surface area contributed by atoms with Gasteiger partial charge in [-0.3, -0.25) is 9.58 Å². The molecule has 0 amide bonds. The molecule has 0 N–H and O–H groups in total. The molecule has 0 spiro atoms. The molecule has 3 aliphatic rings. The van der Waals surface area contributed by atoms with E-state index in [2.05, 4.69) is 36.2 Å². The molecule has 0 radical (unpaired) electrons. The number of hydrogen-bond acceptors (Lipinski definition) is 5. The molecule has 7 heteroatoms. The van der Waals surface area contributed by atoms with E-state index in [-0.39, 0.29) is 17.5 Å². The molecule has 1 saturated heterocycles. The van der Waals surface area contributed by atoms with Gasteiger partial charge in [-0.25, -0.2) is 8.42 Å². The van der Waals surface area contributed by atoms with E-state index in [0.717, 1.165) is 38.3 Å². The van der Waals surface area contributed by atoms with E-state index in [1.54, 1.807) is 0 Å². The third kappa shape index (κ3) is 3.35. The zero-order valence-corrected chi connectivity index (χ0v) is 17.1. The molecule has 4 heterocycles. The Balaban J connectivity index is 1.31. The fourth-order valence-corrected chi connectivity index (χ4v) is 6.14. The van der Waals surface area contributed by atoms with Crippen LogP contribution < -0.4 is 4.74 Å². The van der Waals surface area contributed by atoms with Crippen molar-refractivity contribution < 1.29 is 13.2 Å². The van der Waals surface area contributed by atoms with Crippen molar-refractivity contribution in [3.63, 3.8) is 0 Å². The zero-order valence-electron chi connectivity index (χ0n) is 16.3. The van der Waals surface area contributed by atoms with E-state index in [1.807, 2.05) is 4.68 Å². The van der Waals surface area contributed by atoms with Gasteiger partial charge in [-0.2, -0.15) is 5.10 Å². The second kappa shape index (κ2) is 6.88. The van der Waals surface area contributed by atoms with Crippen molar-refractivity contribution >= 4 is 9.84 Å². The maximum atomic E-state index is 11.7. The van der Waals surface area contributed by atoms with Crippen LogP contribution in [-0.2, 0) is 29.2 Å². The van der Waals surface area contributed by atoms with Crippen LogP contribution >= 0.6 is 0 Å².